The predicted molar refractivity (Wildman–Crippen MR) is 86.5 cm³/mol. The first kappa shape index (κ1) is 16.8. The van der Waals surface area contributed by atoms with E-state index in [9.17, 15) is 13.2 Å². The van der Waals surface area contributed by atoms with E-state index in [1.54, 1.807) is 24.3 Å². The molecule has 22 heavy (non-hydrogen) atoms. The van der Waals surface area contributed by atoms with E-state index < -0.39 is 9.84 Å². The van der Waals surface area contributed by atoms with Crippen LogP contribution in [0.5, 0.6) is 0 Å². The Morgan fingerprint density at radius 1 is 1.14 bits per heavy atom. The van der Waals surface area contributed by atoms with Gasteiger partial charge in [0.2, 0.25) is 0 Å². The van der Waals surface area contributed by atoms with Gasteiger partial charge in [-0.3, -0.25) is 0 Å². The van der Waals surface area contributed by atoms with E-state index in [0.717, 1.165) is 18.4 Å². The second kappa shape index (κ2) is 7.13. The molecule has 0 radical (unpaired) electrons. The van der Waals surface area contributed by atoms with Crippen molar-refractivity contribution in [2.24, 2.45) is 0 Å². The lowest BCUT2D eigenvalue weighted by atomic mass is 9.96. The van der Waals surface area contributed by atoms with Crippen molar-refractivity contribution in [1.29, 1.82) is 0 Å². The zero-order valence-corrected chi connectivity index (χ0v) is 13.9. The van der Waals surface area contributed by atoms with Crippen molar-refractivity contribution < 1.29 is 13.2 Å². The maximum atomic E-state index is 12.0. The maximum absolute atomic E-state index is 12.0. The molecule has 122 valence electrons. The number of urea groups is 1. The van der Waals surface area contributed by atoms with Gasteiger partial charge in [0.15, 0.2) is 9.84 Å². The van der Waals surface area contributed by atoms with Gasteiger partial charge in [-0.15, -0.1) is 0 Å². The summed E-state index contributed by atoms with van der Waals surface area (Å²) in [6.07, 6.45) is 6.88. The highest BCUT2D eigenvalue weighted by Gasteiger charge is 2.17. The molecule has 1 atom stereocenters. The molecule has 2 rings (SSSR count). The molecule has 0 aromatic heterocycles. The van der Waals surface area contributed by atoms with Gasteiger partial charge >= 0.3 is 6.03 Å². The van der Waals surface area contributed by atoms with Crippen molar-refractivity contribution in [2.45, 2.75) is 56.0 Å². The molecule has 0 spiro atoms. The SMILES string of the molecule is C[C@@H](NC(=O)NC1CCCCC1)c1ccc(S(C)(=O)=O)cc1. The van der Waals surface area contributed by atoms with Gasteiger partial charge in [-0.1, -0.05) is 31.4 Å². The molecule has 0 heterocycles. The first-order valence-corrected chi connectivity index (χ1v) is 9.62. The molecule has 1 aliphatic rings. The Morgan fingerprint density at radius 3 is 2.27 bits per heavy atom. The molecule has 1 aromatic rings. The summed E-state index contributed by atoms with van der Waals surface area (Å²) in [6.45, 7) is 1.88. The maximum Gasteiger partial charge on any atom is 0.315 e. The highest BCUT2D eigenvalue weighted by Crippen LogP contribution is 2.18. The molecule has 6 heteroatoms. The number of carbonyl (C=O) groups excluding carboxylic acids is 1. The average Bonchev–Trinajstić information content (AvgIpc) is 2.47. The molecule has 1 aromatic carbocycles. The Hall–Kier alpha value is -1.56. The van der Waals surface area contributed by atoms with Gasteiger partial charge in [0, 0.05) is 12.3 Å². The van der Waals surface area contributed by atoms with Crippen LogP contribution in [0.3, 0.4) is 0 Å². The molecule has 1 fully saturated rings. The van der Waals surface area contributed by atoms with Crippen LogP contribution >= 0.6 is 0 Å². The third kappa shape index (κ3) is 4.73. The van der Waals surface area contributed by atoms with Crippen molar-refractivity contribution in [3.05, 3.63) is 29.8 Å². The van der Waals surface area contributed by atoms with Crippen LogP contribution in [0.15, 0.2) is 29.2 Å². The first-order valence-electron chi connectivity index (χ1n) is 7.73. The van der Waals surface area contributed by atoms with E-state index in [1.165, 1.54) is 25.5 Å². The largest absolute Gasteiger partial charge is 0.335 e. The van der Waals surface area contributed by atoms with Crippen molar-refractivity contribution >= 4 is 15.9 Å². The first-order chi connectivity index (χ1) is 10.4. The minimum atomic E-state index is -3.19. The number of amides is 2. The van der Waals surface area contributed by atoms with E-state index in [0.29, 0.717) is 0 Å². The summed E-state index contributed by atoms with van der Waals surface area (Å²) in [4.78, 5) is 12.3. The van der Waals surface area contributed by atoms with Crippen LogP contribution in [-0.4, -0.2) is 26.7 Å². The minimum Gasteiger partial charge on any atom is -0.335 e. The molecule has 0 saturated heterocycles. The van der Waals surface area contributed by atoms with E-state index >= 15 is 0 Å². The summed E-state index contributed by atoms with van der Waals surface area (Å²) in [5, 5.41) is 5.91. The van der Waals surface area contributed by atoms with E-state index in [2.05, 4.69) is 10.6 Å². The molecule has 0 aliphatic heterocycles. The topological polar surface area (TPSA) is 75.3 Å². The Bertz CT molecular complexity index is 605. The van der Waals surface area contributed by atoms with Crippen LogP contribution in [0.1, 0.15) is 50.6 Å². The van der Waals surface area contributed by atoms with Gasteiger partial charge in [0.05, 0.1) is 10.9 Å². The number of carbonyl (C=O) groups is 1. The standard InChI is InChI=1S/C16H24N2O3S/c1-12(13-8-10-15(11-9-13)22(2,20)21)17-16(19)18-14-6-4-3-5-7-14/h8-12,14H,3-7H2,1-2H3,(H2,17,18,19)/t12-/m1/s1. The molecule has 1 aliphatic carbocycles. The van der Waals surface area contributed by atoms with Crippen LogP contribution < -0.4 is 10.6 Å². The molecular formula is C16H24N2O3S. The lowest BCUT2D eigenvalue weighted by molar-refractivity contribution is 0.229. The second-order valence-corrected chi connectivity index (χ2v) is 8.03. The third-order valence-electron chi connectivity index (χ3n) is 4.10. The van der Waals surface area contributed by atoms with Gasteiger partial charge in [-0.05, 0) is 37.5 Å². The molecule has 0 unspecified atom stereocenters. The van der Waals surface area contributed by atoms with Crippen molar-refractivity contribution in [1.82, 2.24) is 10.6 Å². The summed E-state index contributed by atoms with van der Waals surface area (Å²) in [6, 6.07) is 6.56. The fraction of sp³-hybridized carbons (Fsp3) is 0.562. The van der Waals surface area contributed by atoms with Crippen LogP contribution in [-0.2, 0) is 9.84 Å². The number of hydrogen-bond acceptors (Lipinski definition) is 3. The third-order valence-corrected chi connectivity index (χ3v) is 5.22. The predicted octanol–water partition coefficient (Wildman–Crippen LogP) is 2.78. The smallest absolute Gasteiger partial charge is 0.315 e. The van der Waals surface area contributed by atoms with Crippen molar-refractivity contribution in [3.8, 4) is 0 Å². The molecule has 5 nitrogen and oxygen atoms in total. The molecular weight excluding hydrogens is 300 g/mol. The average molecular weight is 324 g/mol. The van der Waals surface area contributed by atoms with Crippen molar-refractivity contribution in [3.63, 3.8) is 0 Å². The summed E-state index contributed by atoms with van der Waals surface area (Å²) in [5.41, 5.74) is 0.881. The number of hydrogen-bond donors (Lipinski definition) is 2. The van der Waals surface area contributed by atoms with E-state index in [-0.39, 0.29) is 23.0 Å². The van der Waals surface area contributed by atoms with Crippen LogP contribution in [0, 0.1) is 0 Å². The van der Waals surface area contributed by atoms with Gasteiger partial charge in [0.25, 0.3) is 0 Å². The van der Waals surface area contributed by atoms with Gasteiger partial charge in [0.1, 0.15) is 0 Å². The second-order valence-electron chi connectivity index (χ2n) is 6.02. The lowest BCUT2D eigenvalue weighted by Gasteiger charge is -2.24. The lowest BCUT2D eigenvalue weighted by Crippen LogP contribution is -2.43. The molecule has 1 saturated carbocycles. The number of benzene rings is 1. The summed E-state index contributed by atoms with van der Waals surface area (Å²) >= 11 is 0. The van der Waals surface area contributed by atoms with Crippen molar-refractivity contribution in [2.75, 3.05) is 6.26 Å². The zero-order valence-electron chi connectivity index (χ0n) is 13.1. The summed E-state index contributed by atoms with van der Waals surface area (Å²) in [5.74, 6) is 0. The Morgan fingerprint density at radius 2 is 1.73 bits per heavy atom. The molecule has 2 amide bonds. The minimum absolute atomic E-state index is 0.161. The number of sulfone groups is 1. The van der Waals surface area contributed by atoms with Crippen LogP contribution in [0.25, 0.3) is 0 Å². The Kier molecular flexibility index (Phi) is 5.45. The molecule has 2 N–H and O–H groups in total. The normalized spacial score (nSPS) is 17.7. The summed E-state index contributed by atoms with van der Waals surface area (Å²) in [7, 11) is -3.19. The van der Waals surface area contributed by atoms with Gasteiger partial charge < -0.3 is 10.6 Å². The zero-order chi connectivity index (χ0) is 16.2. The monoisotopic (exact) mass is 324 g/mol. The van der Waals surface area contributed by atoms with Gasteiger partial charge in [-0.2, -0.15) is 0 Å². The highest BCUT2D eigenvalue weighted by atomic mass is 32.2. The van der Waals surface area contributed by atoms with Crippen LogP contribution in [0.2, 0.25) is 0 Å². The number of nitrogens with one attached hydrogen (secondary N) is 2. The van der Waals surface area contributed by atoms with E-state index in [1.807, 2.05) is 6.92 Å². The quantitative estimate of drug-likeness (QED) is 0.894. The van der Waals surface area contributed by atoms with Gasteiger partial charge in [-0.25, -0.2) is 13.2 Å². The fourth-order valence-corrected chi connectivity index (χ4v) is 3.39. The van der Waals surface area contributed by atoms with Crippen LogP contribution in [0.4, 0.5) is 4.79 Å². The molecule has 0 bridgehead atoms. The Labute approximate surface area is 132 Å². The van der Waals surface area contributed by atoms with E-state index in [4.69, 9.17) is 0 Å². The highest BCUT2D eigenvalue weighted by molar-refractivity contribution is 7.90. The Balaban J connectivity index is 1.90. The summed E-state index contributed by atoms with van der Waals surface area (Å²) < 4.78 is 22.9. The number of rotatable bonds is 4. The fourth-order valence-electron chi connectivity index (χ4n) is 2.76.